The van der Waals surface area contributed by atoms with E-state index in [2.05, 4.69) is 16.2 Å². The van der Waals surface area contributed by atoms with Gasteiger partial charge in [-0.3, -0.25) is 15.6 Å². The van der Waals surface area contributed by atoms with E-state index in [0.717, 1.165) is 12.8 Å². The minimum Gasteiger partial charge on any atom is -0.359 e. The van der Waals surface area contributed by atoms with Crippen LogP contribution in [0.3, 0.4) is 0 Å². The van der Waals surface area contributed by atoms with Gasteiger partial charge >= 0.3 is 0 Å². The van der Waals surface area contributed by atoms with Gasteiger partial charge in [0.25, 0.3) is 5.91 Å². The van der Waals surface area contributed by atoms with E-state index < -0.39 is 0 Å². The fourth-order valence-electron chi connectivity index (χ4n) is 2.08. The average molecular weight is 281 g/mol. The summed E-state index contributed by atoms with van der Waals surface area (Å²) in [4.78, 5) is 11.7. The molecular weight excluding hydrogens is 265 g/mol. The molecule has 1 aromatic rings. The van der Waals surface area contributed by atoms with Crippen LogP contribution in [0.1, 0.15) is 36.0 Å². The first-order valence-electron chi connectivity index (χ1n) is 6.27. The maximum absolute atomic E-state index is 12.7. The number of benzene rings is 1. The number of hydrazine groups is 1. The van der Waals surface area contributed by atoms with Gasteiger partial charge in [-0.25, -0.2) is 4.39 Å². The van der Waals surface area contributed by atoms with E-state index in [1.807, 2.05) is 0 Å². The van der Waals surface area contributed by atoms with Gasteiger partial charge in [0.05, 0.1) is 0 Å². The Labute approximate surface area is 116 Å². The van der Waals surface area contributed by atoms with E-state index in [0.29, 0.717) is 16.7 Å². The molecule has 19 heavy (non-hydrogen) atoms. The first-order chi connectivity index (χ1) is 9.15. The maximum Gasteiger partial charge on any atom is 0.269 e. The Morgan fingerprint density at radius 3 is 2.42 bits per heavy atom. The normalized spacial score (nSPS) is 15.0. The number of nitrogens with one attached hydrogen (secondary N) is 3. The molecule has 1 aliphatic rings. The second-order valence-electron chi connectivity index (χ2n) is 4.54. The first kappa shape index (κ1) is 13.7. The van der Waals surface area contributed by atoms with E-state index in [4.69, 9.17) is 12.2 Å². The van der Waals surface area contributed by atoms with Crippen LogP contribution in [0.4, 0.5) is 4.39 Å². The molecule has 1 aromatic carbocycles. The first-order valence-corrected chi connectivity index (χ1v) is 6.68. The largest absolute Gasteiger partial charge is 0.359 e. The smallest absolute Gasteiger partial charge is 0.269 e. The third kappa shape index (κ3) is 4.17. The number of hydrogen-bond acceptors (Lipinski definition) is 2. The molecular formula is C13H16FN3OS. The summed E-state index contributed by atoms with van der Waals surface area (Å²) in [6.07, 6.45) is 4.63. The Hall–Kier alpha value is -1.69. The Bertz CT molecular complexity index is 457. The van der Waals surface area contributed by atoms with Crippen molar-refractivity contribution in [3.63, 3.8) is 0 Å². The Kier molecular flexibility index (Phi) is 4.68. The SMILES string of the molecule is O=C(NNC(=S)NC1CCCC1)c1ccc(F)cc1. The van der Waals surface area contributed by atoms with E-state index in [1.165, 1.54) is 37.1 Å². The van der Waals surface area contributed by atoms with Crippen molar-refractivity contribution in [1.29, 1.82) is 0 Å². The minimum absolute atomic E-state index is 0.351. The summed E-state index contributed by atoms with van der Waals surface area (Å²) in [6.45, 7) is 0. The van der Waals surface area contributed by atoms with Crippen molar-refractivity contribution in [3.05, 3.63) is 35.6 Å². The number of halogens is 1. The topological polar surface area (TPSA) is 53.2 Å². The van der Waals surface area contributed by atoms with Crippen LogP contribution in [0.5, 0.6) is 0 Å². The molecule has 4 nitrogen and oxygen atoms in total. The molecule has 0 spiro atoms. The average Bonchev–Trinajstić information content (AvgIpc) is 2.89. The molecule has 1 aliphatic carbocycles. The summed E-state index contributed by atoms with van der Waals surface area (Å²) in [7, 11) is 0. The van der Waals surface area contributed by atoms with Crippen molar-refractivity contribution in [2.75, 3.05) is 0 Å². The zero-order valence-corrected chi connectivity index (χ0v) is 11.2. The van der Waals surface area contributed by atoms with Gasteiger partial charge in [-0.05, 0) is 49.3 Å². The molecule has 3 N–H and O–H groups in total. The molecule has 0 aromatic heterocycles. The lowest BCUT2D eigenvalue weighted by molar-refractivity contribution is 0.0943. The second-order valence-corrected chi connectivity index (χ2v) is 4.95. The molecule has 1 amide bonds. The van der Waals surface area contributed by atoms with E-state index in [1.54, 1.807) is 0 Å². The lowest BCUT2D eigenvalue weighted by atomic mass is 10.2. The Morgan fingerprint density at radius 1 is 1.16 bits per heavy atom. The van der Waals surface area contributed by atoms with Gasteiger partial charge in [0, 0.05) is 11.6 Å². The van der Waals surface area contributed by atoms with Crippen LogP contribution in [-0.4, -0.2) is 17.1 Å². The molecule has 0 unspecified atom stereocenters. The summed E-state index contributed by atoms with van der Waals surface area (Å²) in [5, 5.41) is 3.55. The van der Waals surface area contributed by atoms with Crippen molar-refractivity contribution in [2.24, 2.45) is 0 Å². The highest BCUT2D eigenvalue weighted by molar-refractivity contribution is 7.80. The van der Waals surface area contributed by atoms with Crippen molar-refractivity contribution in [3.8, 4) is 0 Å². The highest BCUT2D eigenvalue weighted by atomic mass is 32.1. The summed E-state index contributed by atoms with van der Waals surface area (Å²) in [6, 6.07) is 5.70. The summed E-state index contributed by atoms with van der Waals surface area (Å²) in [5.41, 5.74) is 5.50. The summed E-state index contributed by atoms with van der Waals surface area (Å²) in [5.74, 6) is -0.724. The third-order valence-corrected chi connectivity index (χ3v) is 3.31. The lowest BCUT2D eigenvalue weighted by Crippen LogP contribution is -2.49. The minimum atomic E-state index is -0.372. The van der Waals surface area contributed by atoms with Gasteiger partial charge < -0.3 is 5.32 Å². The summed E-state index contributed by atoms with van der Waals surface area (Å²) < 4.78 is 12.7. The van der Waals surface area contributed by atoms with Gasteiger partial charge in [0.2, 0.25) is 0 Å². The Morgan fingerprint density at radius 2 is 1.79 bits per heavy atom. The van der Waals surface area contributed by atoms with Gasteiger partial charge in [-0.1, -0.05) is 12.8 Å². The van der Waals surface area contributed by atoms with Crippen molar-refractivity contribution in [2.45, 2.75) is 31.7 Å². The van der Waals surface area contributed by atoms with E-state index >= 15 is 0 Å². The van der Waals surface area contributed by atoms with Crippen molar-refractivity contribution < 1.29 is 9.18 Å². The monoisotopic (exact) mass is 281 g/mol. The number of amides is 1. The fraction of sp³-hybridized carbons (Fsp3) is 0.385. The van der Waals surface area contributed by atoms with Gasteiger partial charge in [0.15, 0.2) is 5.11 Å². The molecule has 0 aliphatic heterocycles. The van der Waals surface area contributed by atoms with Crippen LogP contribution in [0.15, 0.2) is 24.3 Å². The molecule has 2 rings (SSSR count). The highest BCUT2D eigenvalue weighted by Crippen LogP contribution is 2.17. The van der Waals surface area contributed by atoms with Crippen LogP contribution >= 0.6 is 12.2 Å². The van der Waals surface area contributed by atoms with Gasteiger partial charge in [-0.2, -0.15) is 0 Å². The molecule has 6 heteroatoms. The number of rotatable bonds is 2. The van der Waals surface area contributed by atoms with Crippen LogP contribution in [-0.2, 0) is 0 Å². The van der Waals surface area contributed by atoms with Gasteiger partial charge in [0.1, 0.15) is 5.82 Å². The fourth-order valence-corrected chi connectivity index (χ4v) is 2.30. The predicted molar refractivity (Wildman–Crippen MR) is 75.0 cm³/mol. The quantitative estimate of drug-likeness (QED) is 0.572. The highest BCUT2D eigenvalue weighted by Gasteiger charge is 2.15. The maximum atomic E-state index is 12.7. The molecule has 0 bridgehead atoms. The van der Waals surface area contributed by atoms with Crippen molar-refractivity contribution >= 4 is 23.2 Å². The lowest BCUT2D eigenvalue weighted by Gasteiger charge is -2.16. The molecule has 0 heterocycles. The zero-order chi connectivity index (χ0) is 13.7. The molecule has 0 radical (unpaired) electrons. The predicted octanol–water partition coefficient (Wildman–Crippen LogP) is 1.88. The number of hydrogen-bond donors (Lipinski definition) is 3. The molecule has 0 atom stereocenters. The molecule has 102 valence electrons. The second kappa shape index (κ2) is 6.47. The van der Waals surface area contributed by atoms with Crippen LogP contribution < -0.4 is 16.2 Å². The van der Waals surface area contributed by atoms with E-state index in [-0.39, 0.29) is 11.7 Å². The van der Waals surface area contributed by atoms with Crippen LogP contribution in [0.2, 0.25) is 0 Å². The molecule has 1 saturated carbocycles. The Balaban J connectivity index is 1.76. The standard InChI is InChI=1S/C13H16FN3OS/c14-10-7-5-9(6-8-10)12(18)16-17-13(19)15-11-3-1-2-4-11/h5-8,11H,1-4H2,(H,16,18)(H2,15,17,19). The molecule has 0 saturated heterocycles. The zero-order valence-electron chi connectivity index (χ0n) is 10.4. The van der Waals surface area contributed by atoms with Crippen LogP contribution in [0, 0.1) is 5.82 Å². The third-order valence-electron chi connectivity index (χ3n) is 3.09. The summed E-state index contributed by atoms with van der Waals surface area (Å²) >= 11 is 5.08. The number of carbonyl (C=O) groups excluding carboxylic acids is 1. The number of thiocarbonyl (C=S) groups is 1. The van der Waals surface area contributed by atoms with Crippen molar-refractivity contribution in [1.82, 2.24) is 16.2 Å². The van der Waals surface area contributed by atoms with E-state index in [9.17, 15) is 9.18 Å². The van der Waals surface area contributed by atoms with Crippen LogP contribution in [0.25, 0.3) is 0 Å². The molecule has 1 fully saturated rings. The number of carbonyl (C=O) groups is 1. The van der Waals surface area contributed by atoms with Gasteiger partial charge in [-0.15, -0.1) is 0 Å².